The summed E-state index contributed by atoms with van der Waals surface area (Å²) in [5.41, 5.74) is 0.474. The lowest BCUT2D eigenvalue weighted by Crippen LogP contribution is -2.25. The highest BCUT2D eigenvalue weighted by molar-refractivity contribution is 7.86. The summed E-state index contributed by atoms with van der Waals surface area (Å²) in [6.45, 7) is 3.22. The molecule has 0 saturated carbocycles. The first-order chi connectivity index (χ1) is 9.80. The van der Waals surface area contributed by atoms with Crippen LogP contribution in [-0.4, -0.2) is 32.9 Å². The smallest absolute Gasteiger partial charge is 0.306 e. The molecule has 0 radical (unpaired) electrons. The van der Waals surface area contributed by atoms with Crippen LogP contribution in [0.3, 0.4) is 0 Å². The van der Waals surface area contributed by atoms with Crippen molar-refractivity contribution in [3.05, 3.63) is 22.2 Å². The largest absolute Gasteiger partial charge is 0.381 e. The molecule has 0 saturated heterocycles. The van der Waals surface area contributed by atoms with E-state index < -0.39 is 10.1 Å². The summed E-state index contributed by atoms with van der Waals surface area (Å²) < 4.78 is 27.3. The van der Waals surface area contributed by atoms with Gasteiger partial charge in [0.1, 0.15) is 6.67 Å². The SMILES string of the molecule is CCCN1CN(c2cc(OS(C)(=O)=O)c(Cl)cc2Cl)N=N1. The first-order valence-corrected chi connectivity index (χ1v) is 8.70. The van der Waals surface area contributed by atoms with Crippen LogP contribution in [-0.2, 0) is 10.1 Å². The average molecular weight is 353 g/mol. The van der Waals surface area contributed by atoms with Crippen LogP contribution >= 0.6 is 23.2 Å². The van der Waals surface area contributed by atoms with Crippen molar-refractivity contribution < 1.29 is 12.6 Å². The number of rotatable bonds is 5. The lowest BCUT2D eigenvalue weighted by molar-refractivity contribution is 0.316. The van der Waals surface area contributed by atoms with Gasteiger partial charge in [-0.2, -0.15) is 8.42 Å². The van der Waals surface area contributed by atoms with Crippen molar-refractivity contribution >= 4 is 39.0 Å². The molecule has 116 valence electrons. The maximum Gasteiger partial charge on any atom is 0.306 e. The Balaban J connectivity index is 2.28. The summed E-state index contributed by atoms with van der Waals surface area (Å²) in [6, 6.07) is 2.84. The zero-order chi connectivity index (χ0) is 15.6. The molecule has 0 aromatic heterocycles. The highest BCUT2D eigenvalue weighted by Gasteiger charge is 2.22. The number of benzene rings is 1. The molecule has 1 aromatic carbocycles. The quantitative estimate of drug-likeness (QED) is 0.761. The number of anilines is 1. The van der Waals surface area contributed by atoms with E-state index in [9.17, 15) is 8.42 Å². The molecule has 0 atom stereocenters. The van der Waals surface area contributed by atoms with E-state index in [0.717, 1.165) is 19.2 Å². The molecule has 0 aliphatic carbocycles. The predicted molar refractivity (Wildman–Crippen MR) is 81.1 cm³/mol. The predicted octanol–water partition coefficient (Wildman–Crippen LogP) is 3.10. The van der Waals surface area contributed by atoms with Gasteiger partial charge >= 0.3 is 10.1 Å². The molecule has 21 heavy (non-hydrogen) atoms. The molecular weight excluding hydrogens is 339 g/mol. The van der Waals surface area contributed by atoms with Crippen LogP contribution in [0.25, 0.3) is 0 Å². The molecule has 1 aromatic rings. The lowest BCUT2D eigenvalue weighted by Gasteiger charge is -2.18. The van der Waals surface area contributed by atoms with Crippen LogP contribution in [0, 0.1) is 0 Å². The third kappa shape index (κ3) is 4.12. The van der Waals surface area contributed by atoms with Crippen molar-refractivity contribution in [1.82, 2.24) is 5.01 Å². The first kappa shape index (κ1) is 16.1. The lowest BCUT2D eigenvalue weighted by atomic mass is 10.3. The van der Waals surface area contributed by atoms with Crippen LogP contribution in [0.15, 0.2) is 22.6 Å². The summed E-state index contributed by atoms with van der Waals surface area (Å²) in [5.74, 6) is 0.00251. The zero-order valence-electron chi connectivity index (χ0n) is 11.5. The van der Waals surface area contributed by atoms with E-state index in [4.69, 9.17) is 27.4 Å². The van der Waals surface area contributed by atoms with Crippen molar-refractivity contribution in [2.45, 2.75) is 13.3 Å². The fourth-order valence-corrected chi connectivity index (χ4v) is 2.79. The molecule has 0 fully saturated rings. The van der Waals surface area contributed by atoms with Gasteiger partial charge in [0.25, 0.3) is 0 Å². The fraction of sp³-hybridized carbons (Fsp3) is 0.455. The second kappa shape index (κ2) is 6.25. The summed E-state index contributed by atoms with van der Waals surface area (Å²) >= 11 is 12.1. The standard InChI is InChI=1S/C11H14Cl2N4O3S/c1-3-4-16-7-17(15-14-16)10-6-11(20-21(2,18)19)9(13)5-8(10)12/h5-6H,3-4,7H2,1-2H3. The third-order valence-corrected chi connectivity index (χ3v) is 3.65. The fourth-order valence-electron chi connectivity index (χ4n) is 1.76. The number of nitrogens with zero attached hydrogens (tertiary/aromatic N) is 4. The van der Waals surface area contributed by atoms with Crippen LogP contribution in [0.5, 0.6) is 5.75 Å². The molecule has 0 spiro atoms. The van der Waals surface area contributed by atoms with E-state index in [0.29, 0.717) is 17.4 Å². The summed E-state index contributed by atoms with van der Waals surface area (Å²) in [6.07, 6.45) is 1.87. The highest BCUT2D eigenvalue weighted by atomic mass is 35.5. The second-order valence-corrected chi connectivity index (χ2v) is 6.86. The van der Waals surface area contributed by atoms with Crippen LogP contribution in [0.1, 0.15) is 13.3 Å². The van der Waals surface area contributed by atoms with Gasteiger partial charge < -0.3 is 4.18 Å². The zero-order valence-corrected chi connectivity index (χ0v) is 13.8. The maximum absolute atomic E-state index is 11.2. The molecule has 7 nitrogen and oxygen atoms in total. The molecule has 0 N–H and O–H groups in total. The minimum atomic E-state index is -3.68. The molecule has 0 amide bonds. The molecule has 1 aliphatic rings. The summed E-state index contributed by atoms with van der Waals surface area (Å²) in [5, 5.41) is 11.7. The molecular formula is C11H14Cl2N4O3S. The van der Waals surface area contributed by atoms with E-state index in [1.807, 2.05) is 6.92 Å². The van der Waals surface area contributed by atoms with Gasteiger partial charge in [-0.05, 0) is 17.7 Å². The minimum absolute atomic E-state index is 0.00251. The van der Waals surface area contributed by atoms with Crippen LogP contribution in [0.4, 0.5) is 5.69 Å². The Morgan fingerprint density at radius 1 is 1.29 bits per heavy atom. The molecule has 10 heteroatoms. The van der Waals surface area contributed by atoms with Gasteiger partial charge in [0.2, 0.25) is 0 Å². The molecule has 2 rings (SSSR count). The second-order valence-electron chi connectivity index (χ2n) is 4.47. The van der Waals surface area contributed by atoms with Gasteiger partial charge in [0.15, 0.2) is 5.75 Å². The van der Waals surface area contributed by atoms with Crippen molar-refractivity contribution in [1.29, 1.82) is 0 Å². The maximum atomic E-state index is 11.2. The minimum Gasteiger partial charge on any atom is -0.381 e. The Labute approximate surface area is 133 Å². The van der Waals surface area contributed by atoms with E-state index in [-0.39, 0.29) is 10.8 Å². The molecule has 0 unspecified atom stereocenters. The Morgan fingerprint density at radius 2 is 2.00 bits per heavy atom. The number of hydrogen-bond acceptors (Lipinski definition) is 7. The number of hydrogen-bond donors (Lipinski definition) is 0. The van der Waals surface area contributed by atoms with Gasteiger partial charge in [-0.25, -0.2) is 5.01 Å². The van der Waals surface area contributed by atoms with Crippen LogP contribution < -0.4 is 9.19 Å². The van der Waals surface area contributed by atoms with E-state index >= 15 is 0 Å². The molecule has 1 aliphatic heterocycles. The first-order valence-electron chi connectivity index (χ1n) is 6.12. The monoisotopic (exact) mass is 352 g/mol. The van der Waals surface area contributed by atoms with E-state index in [1.54, 1.807) is 10.0 Å². The Morgan fingerprint density at radius 3 is 2.62 bits per heavy atom. The van der Waals surface area contributed by atoms with Crippen molar-refractivity contribution in [3.8, 4) is 5.75 Å². The van der Waals surface area contributed by atoms with Crippen molar-refractivity contribution in [2.24, 2.45) is 10.4 Å². The topological polar surface area (TPSA) is 74.6 Å². The van der Waals surface area contributed by atoms with Gasteiger partial charge in [0.05, 0.1) is 22.0 Å². The van der Waals surface area contributed by atoms with Crippen molar-refractivity contribution in [3.63, 3.8) is 0 Å². The average Bonchev–Trinajstić information content (AvgIpc) is 2.80. The van der Waals surface area contributed by atoms with Gasteiger partial charge in [-0.1, -0.05) is 35.3 Å². The van der Waals surface area contributed by atoms with Crippen molar-refractivity contribution in [2.75, 3.05) is 24.5 Å². The Kier molecular flexibility index (Phi) is 4.80. The molecule has 0 bridgehead atoms. The summed E-state index contributed by atoms with van der Waals surface area (Å²) in [4.78, 5) is 0. The van der Waals surface area contributed by atoms with E-state index in [1.165, 1.54) is 12.1 Å². The molecule has 1 heterocycles. The normalized spacial score (nSPS) is 14.9. The van der Waals surface area contributed by atoms with Crippen LogP contribution in [0.2, 0.25) is 10.0 Å². The Hall–Kier alpha value is -1.25. The summed E-state index contributed by atoms with van der Waals surface area (Å²) in [7, 11) is -3.68. The Bertz CT molecular complexity index is 666. The van der Waals surface area contributed by atoms with E-state index in [2.05, 4.69) is 10.4 Å². The highest BCUT2D eigenvalue weighted by Crippen LogP contribution is 2.38. The van der Waals surface area contributed by atoms with Gasteiger partial charge in [-0.3, -0.25) is 5.01 Å². The number of halogens is 2. The third-order valence-electron chi connectivity index (χ3n) is 2.57. The van der Waals surface area contributed by atoms with Gasteiger partial charge in [0, 0.05) is 12.6 Å². The van der Waals surface area contributed by atoms with Gasteiger partial charge in [-0.15, -0.1) is 0 Å².